The molecular weight excluding hydrogens is 424 g/mol. The van der Waals surface area contributed by atoms with Crippen molar-refractivity contribution in [1.82, 2.24) is 19.7 Å². The van der Waals surface area contributed by atoms with Crippen LogP contribution in [0.4, 0.5) is 0 Å². The summed E-state index contributed by atoms with van der Waals surface area (Å²) in [6, 6.07) is 15.8. The molecule has 0 aliphatic heterocycles. The highest BCUT2D eigenvalue weighted by molar-refractivity contribution is 9.10. The van der Waals surface area contributed by atoms with Crippen LogP contribution in [0.3, 0.4) is 0 Å². The molecule has 7 heteroatoms. The lowest BCUT2D eigenvalue weighted by atomic mass is 10.0. The summed E-state index contributed by atoms with van der Waals surface area (Å²) in [4.78, 5) is 21.1. The summed E-state index contributed by atoms with van der Waals surface area (Å²) in [5, 5.41) is 5.83. The van der Waals surface area contributed by atoms with Crippen molar-refractivity contribution < 1.29 is 4.79 Å². The Morgan fingerprint density at radius 1 is 1.04 bits per heavy atom. The number of carbonyl (C=O) groups is 1. The number of aryl methyl sites for hydroxylation is 1. The molecule has 0 radical (unpaired) electrons. The number of Topliss-reactive ketones (excluding diaryl/α,β-unsaturated/α-hetero) is 1. The molecule has 0 atom stereocenters. The van der Waals surface area contributed by atoms with Gasteiger partial charge >= 0.3 is 0 Å². The fourth-order valence-electron chi connectivity index (χ4n) is 2.76. The van der Waals surface area contributed by atoms with E-state index in [2.05, 4.69) is 31.0 Å². The number of carbonyl (C=O) groups excluding carboxylic acids is 1. The van der Waals surface area contributed by atoms with Crippen LogP contribution in [0.5, 0.6) is 0 Å². The number of hydrogen-bond donors (Lipinski definition) is 0. The van der Waals surface area contributed by atoms with E-state index in [0.717, 1.165) is 31.7 Å². The molecule has 2 aromatic heterocycles. The number of hydrogen-bond acceptors (Lipinski definition) is 5. The normalized spacial score (nSPS) is 11.0. The molecule has 27 heavy (non-hydrogen) atoms. The maximum absolute atomic E-state index is 12.6. The van der Waals surface area contributed by atoms with Gasteiger partial charge in [-0.25, -0.2) is 9.97 Å². The Morgan fingerprint density at radius 2 is 1.70 bits per heavy atom. The van der Waals surface area contributed by atoms with E-state index in [1.165, 1.54) is 18.1 Å². The van der Waals surface area contributed by atoms with Crippen molar-refractivity contribution in [3.63, 3.8) is 0 Å². The van der Waals surface area contributed by atoms with Crippen LogP contribution in [0.2, 0.25) is 0 Å². The lowest BCUT2D eigenvalue weighted by molar-refractivity contribution is 0.102. The second-order valence-corrected chi connectivity index (χ2v) is 7.86. The average Bonchev–Trinajstić information content (AvgIpc) is 3.08. The summed E-state index contributed by atoms with van der Waals surface area (Å²) in [7, 11) is 1.84. The molecule has 5 nitrogen and oxygen atoms in total. The first-order chi connectivity index (χ1) is 13.1. The highest BCUT2D eigenvalue weighted by atomic mass is 79.9. The third kappa shape index (κ3) is 3.79. The van der Waals surface area contributed by atoms with Crippen molar-refractivity contribution in [3.8, 4) is 11.1 Å². The molecular formula is C20H15BrN4OS. The smallest absolute Gasteiger partial charge is 0.173 e. The van der Waals surface area contributed by atoms with E-state index in [-0.39, 0.29) is 5.78 Å². The summed E-state index contributed by atoms with van der Waals surface area (Å²) in [6.45, 7) is 0. The lowest BCUT2D eigenvalue weighted by Gasteiger charge is -2.05. The summed E-state index contributed by atoms with van der Waals surface area (Å²) >= 11 is 4.85. The molecule has 0 fully saturated rings. The number of fused-ring (bicyclic) bond motifs is 1. The molecule has 134 valence electrons. The van der Waals surface area contributed by atoms with Gasteiger partial charge in [-0.3, -0.25) is 9.48 Å². The van der Waals surface area contributed by atoms with Gasteiger partial charge in [0.15, 0.2) is 11.4 Å². The molecule has 0 amide bonds. The van der Waals surface area contributed by atoms with E-state index in [1.54, 1.807) is 10.9 Å². The molecule has 0 saturated heterocycles. The number of rotatable bonds is 5. The highest BCUT2D eigenvalue weighted by Crippen LogP contribution is 2.26. The zero-order chi connectivity index (χ0) is 18.8. The number of halogens is 1. The number of nitrogens with zero attached hydrogens (tertiary/aromatic N) is 4. The maximum atomic E-state index is 12.6. The topological polar surface area (TPSA) is 60.7 Å². The van der Waals surface area contributed by atoms with E-state index in [4.69, 9.17) is 0 Å². The van der Waals surface area contributed by atoms with Crippen molar-refractivity contribution >= 4 is 44.5 Å². The summed E-state index contributed by atoms with van der Waals surface area (Å²) in [5.74, 6) is 0.386. The van der Waals surface area contributed by atoms with Gasteiger partial charge in [-0.2, -0.15) is 5.10 Å². The molecule has 4 aromatic rings. The fraction of sp³-hybridized carbons (Fsp3) is 0.100. The molecule has 0 N–H and O–H groups in total. The van der Waals surface area contributed by atoms with Crippen LogP contribution in [0.15, 0.2) is 70.6 Å². The summed E-state index contributed by atoms with van der Waals surface area (Å²) in [5.41, 5.74) is 3.66. The summed E-state index contributed by atoms with van der Waals surface area (Å²) < 4.78 is 2.74. The minimum Gasteiger partial charge on any atom is -0.293 e. The zero-order valence-electron chi connectivity index (χ0n) is 14.5. The van der Waals surface area contributed by atoms with Gasteiger partial charge < -0.3 is 0 Å². The molecule has 0 aliphatic rings. The van der Waals surface area contributed by atoms with Crippen molar-refractivity contribution in [1.29, 1.82) is 0 Å². The van der Waals surface area contributed by atoms with Gasteiger partial charge in [-0.1, -0.05) is 64.1 Å². The Morgan fingerprint density at radius 3 is 2.41 bits per heavy atom. The quantitative estimate of drug-likeness (QED) is 0.255. The highest BCUT2D eigenvalue weighted by Gasteiger charge is 2.12. The monoisotopic (exact) mass is 438 g/mol. The predicted molar refractivity (Wildman–Crippen MR) is 111 cm³/mol. The van der Waals surface area contributed by atoms with Gasteiger partial charge in [-0.05, 0) is 23.3 Å². The van der Waals surface area contributed by atoms with Crippen molar-refractivity contribution in [2.45, 2.75) is 5.03 Å². The number of ketones is 1. The van der Waals surface area contributed by atoms with Crippen molar-refractivity contribution in [3.05, 3.63) is 71.1 Å². The van der Waals surface area contributed by atoms with Crippen LogP contribution in [-0.4, -0.2) is 31.3 Å². The molecule has 0 bridgehead atoms. The number of benzene rings is 2. The van der Waals surface area contributed by atoms with E-state index >= 15 is 0 Å². The zero-order valence-corrected chi connectivity index (χ0v) is 16.9. The van der Waals surface area contributed by atoms with E-state index < -0.39 is 0 Å². The van der Waals surface area contributed by atoms with Crippen LogP contribution >= 0.6 is 27.7 Å². The predicted octanol–water partition coefficient (Wildman–Crippen LogP) is 4.77. The molecule has 2 heterocycles. The SMILES string of the molecule is Cn1ncc2c(SCC(=O)c3ccc(-c4ccc(Br)cc4)cc3)ncnc21. The second kappa shape index (κ2) is 7.62. The van der Waals surface area contributed by atoms with Crippen LogP contribution in [-0.2, 0) is 7.05 Å². The second-order valence-electron chi connectivity index (χ2n) is 5.98. The van der Waals surface area contributed by atoms with E-state index in [0.29, 0.717) is 11.3 Å². The Balaban J connectivity index is 1.47. The van der Waals surface area contributed by atoms with Gasteiger partial charge in [0.05, 0.1) is 17.3 Å². The van der Waals surface area contributed by atoms with Gasteiger partial charge in [-0.15, -0.1) is 0 Å². The third-order valence-corrected chi connectivity index (χ3v) is 5.75. The van der Waals surface area contributed by atoms with E-state index in [9.17, 15) is 4.79 Å². The summed E-state index contributed by atoms with van der Waals surface area (Å²) in [6.07, 6.45) is 3.24. The lowest BCUT2D eigenvalue weighted by Crippen LogP contribution is -2.02. The Kier molecular flexibility index (Phi) is 5.05. The Labute approximate surface area is 169 Å². The van der Waals surface area contributed by atoms with Crippen LogP contribution in [0.1, 0.15) is 10.4 Å². The van der Waals surface area contributed by atoms with Crippen LogP contribution in [0.25, 0.3) is 22.2 Å². The van der Waals surface area contributed by atoms with Gasteiger partial charge in [0.2, 0.25) is 0 Å². The maximum Gasteiger partial charge on any atom is 0.173 e. The molecule has 0 saturated carbocycles. The minimum atomic E-state index is 0.0676. The van der Waals surface area contributed by atoms with Gasteiger partial charge in [0.25, 0.3) is 0 Å². The van der Waals surface area contributed by atoms with Crippen LogP contribution < -0.4 is 0 Å². The van der Waals surface area contributed by atoms with Gasteiger partial charge in [0.1, 0.15) is 11.4 Å². The standard InChI is InChI=1S/C20H15BrN4OS/c1-25-19-17(10-24-25)20(23-12-22-19)27-11-18(26)15-4-2-13(3-5-15)14-6-8-16(21)9-7-14/h2-10,12H,11H2,1H3. The fourth-order valence-corrected chi connectivity index (χ4v) is 3.88. The Hall–Kier alpha value is -2.51. The van der Waals surface area contributed by atoms with Gasteiger partial charge in [0, 0.05) is 17.1 Å². The first-order valence-electron chi connectivity index (χ1n) is 8.26. The van der Waals surface area contributed by atoms with E-state index in [1.807, 2.05) is 55.6 Å². The Bertz CT molecular complexity index is 1110. The molecule has 4 rings (SSSR count). The number of aromatic nitrogens is 4. The third-order valence-electron chi connectivity index (χ3n) is 4.22. The molecule has 0 aliphatic carbocycles. The average molecular weight is 439 g/mol. The first-order valence-corrected chi connectivity index (χ1v) is 10.0. The number of thioether (sulfide) groups is 1. The van der Waals surface area contributed by atoms with Crippen LogP contribution in [0, 0.1) is 0 Å². The molecule has 0 unspecified atom stereocenters. The molecule has 2 aromatic carbocycles. The largest absolute Gasteiger partial charge is 0.293 e. The first kappa shape index (κ1) is 17.9. The minimum absolute atomic E-state index is 0.0676. The van der Waals surface area contributed by atoms with Crippen molar-refractivity contribution in [2.75, 3.05) is 5.75 Å². The molecule has 0 spiro atoms. The van der Waals surface area contributed by atoms with Crippen molar-refractivity contribution in [2.24, 2.45) is 7.05 Å².